The van der Waals surface area contributed by atoms with E-state index in [0.717, 1.165) is 14.8 Å². The number of carbonyl (C=O) groups excluding carboxylic acids is 1. The van der Waals surface area contributed by atoms with E-state index in [-0.39, 0.29) is 5.91 Å². The molecule has 118 valence electrons. The quantitative estimate of drug-likeness (QED) is 0.764. The number of benzene rings is 2. The van der Waals surface area contributed by atoms with Gasteiger partial charge in [0.1, 0.15) is 11.1 Å². The standard InChI is InChI=1S/C17H12N4OS2/c1-11-20-21-17(23-11)19-16(22)13-7-3-5-9-15(13)24-14-8-4-2-6-12(14)10-18/h2-9H,1H3,(H,19,21,22). The summed E-state index contributed by atoms with van der Waals surface area (Å²) in [6.07, 6.45) is 0. The van der Waals surface area contributed by atoms with Crippen molar-refractivity contribution >= 4 is 34.1 Å². The first-order valence-corrected chi connectivity index (χ1v) is 8.68. The Hall–Kier alpha value is -2.69. The maximum Gasteiger partial charge on any atom is 0.258 e. The smallest absolute Gasteiger partial charge is 0.258 e. The average Bonchev–Trinajstić information content (AvgIpc) is 3.00. The fraction of sp³-hybridized carbons (Fsp3) is 0.0588. The second-order valence-corrected chi connectivity index (χ2v) is 7.05. The van der Waals surface area contributed by atoms with Crippen molar-refractivity contribution in [3.8, 4) is 6.07 Å². The Morgan fingerprint density at radius 3 is 2.54 bits per heavy atom. The highest BCUT2D eigenvalue weighted by Gasteiger charge is 2.15. The summed E-state index contributed by atoms with van der Waals surface area (Å²) in [6.45, 7) is 1.83. The monoisotopic (exact) mass is 352 g/mol. The Morgan fingerprint density at radius 1 is 1.12 bits per heavy atom. The van der Waals surface area contributed by atoms with E-state index in [4.69, 9.17) is 0 Å². The van der Waals surface area contributed by atoms with Crippen LogP contribution in [0.2, 0.25) is 0 Å². The summed E-state index contributed by atoms with van der Waals surface area (Å²) in [6, 6.07) is 16.8. The average molecular weight is 352 g/mol. The number of aryl methyl sites for hydroxylation is 1. The predicted molar refractivity (Wildman–Crippen MR) is 94.3 cm³/mol. The number of hydrogen-bond acceptors (Lipinski definition) is 6. The van der Waals surface area contributed by atoms with Gasteiger partial charge in [-0.05, 0) is 31.2 Å². The van der Waals surface area contributed by atoms with Gasteiger partial charge in [0.25, 0.3) is 5.91 Å². The summed E-state index contributed by atoms with van der Waals surface area (Å²) in [5, 5.41) is 21.0. The number of rotatable bonds is 4. The number of anilines is 1. The SMILES string of the molecule is Cc1nnc(NC(=O)c2ccccc2Sc2ccccc2C#N)s1. The van der Waals surface area contributed by atoms with E-state index in [1.165, 1.54) is 23.1 Å². The van der Waals surface area contributed by atoms with Crippen LogP contribution >= 0.6 is 23.1 Å². The van der Waals surface area contributed by atoms with Crippen molar-refractivity contribution in [2.45, 2.75) is 16.7 Å². The molecule has 0 aliphatic rings. The third-order valence-electron chi connectivity index (χ3n) is 3.11. The summed E-state index contributed by atoms with van der Waals surface area (Å²) >= 11 is 2.72. The maximum absolute atomic E-state index is 12.5. The molecule has 0 bridgehead atoms. The van der Waals surface area contributed by atoms with Crippen LogP contribution in [0.4, 0.5) is 5.13 Å². The Labute approximate surface area is 147 Å². The van der Waals surface area contributed by atoms with Crippen LogP contribution < -0.4 is 5.32 Å². The van der Waals surface area contributed by atoms with Gasteiger partial charge in [0, 0.05) is 9.79 Å². The summed E-state index contributed by atoms with van der Waals surface area (Å²) in [7, 11) is 0. The van der Waals surface area contributed by atoms with E-state index < -0.39 is 0 Å². The topological polar surface area (TPSA) is 78.7 Å². The molecule has 3 rings (SSSR count). The van der Waals surface area contributed by atoms with Gasteiger partial charge in [-0.2, -0.15) is 5.26 Å². The number of hydrogen-bond donors (Lipinski definition) is 1. The zero-order valence-corrected chi connectivity index (χ0v) is 14.3. The van der Waals surface area contributed by atoms with Crippen LogP contribution in [0, 0.1) is 18.3 Å². The Morgan fingerprint density at radius 2 is 1.83 bits per heavy atom. The molecule has 0 aliphatic heterocycles. The van der Waals surface area contributed by atoms with Crippen LogP contribution in [0.25, 0.3) is 0 Å². The molecule has 24 heavy (non-hydrogen) atoms. The van der Waals surface area contributed by atoms with Crippen molar-refractivity contribution in [2.24, 2.45) is 0 Å². The summed E-state index contributed by atoms with van der Waals surface area (Å²) < 4.78 is 0. The van der Waals surface area contributed by atoms with Crippen molar-refractivity contribution in [3.05, 3.63) is 64.7 Å². The minimum Gasteiger partial charge on any atom is -0.296 e. The highest BCUT2D eigenvalue weighted by atomic mass is 32.2. The number of amides is 1. The van der Waals surface area contributed by atoms with Gasteiger partial charge in [-0.3, -0.25) is 10.1 Å². The predicted octanol–water partition coefficient (Wildman–Crippen LogP) is 4.12. The van der Waals surface area contributed by atoms with E-state index in [9.17, 15) is 10.1 Å². The molecule has 7 heteroatoms. The number of nitrogens with zero attached hydrogens (tertiary/aromatic N) is 3. The lowest BCUT2D eigenvalue weighted by Gasteiger charge is -2.09. The summed E-state index contributed by atoms with van der Waals surface area (Å²) in [5.41, 5.74) is 1.11. The molecule has 0 spiro atoms. The van der Waals surface area contributed by atoms with Crippen molar-refractivity contribution in [3.63, 3.8) is 0 Å². The minimum atomic E-state index is -0.247. The van der Waals surface area contributed by atoms with Gasteiger partial charge in [-0.1, -0.05) is 47.4 Å². The third kappa shape index (κ3) is 3.62. The lowest BCUT2D eigenvalue weighted by Crippen LogP contribution is -2.12. The van der Waals surface area contributed by atoms with Gasteiger partial charge < -0.3 is 0 Å². The molecule has 3 aromatic rings. The first-order valence-electron chi connectivity index (χ1n) is 7.05. The second-order valence-electron chi connectivity index (χ2n) is 4.79. The van der Waals surface area contributed by atoms with Crippen LogP contribution in [0.3, 0.4) is 0 Å². The fourth-order valence-corrected chi connectivity index (χ4v) is 3.63. The molecule has 0 saturated heterocycles. The minimum absolute atomic E-state index is 0.247. The number of aromatic nitrogens is 2. The molecule has 0 aliphatic carbocycles. The van der Waals surface area contributed by atoms with Crippen molar-refractivity contribution in [1.29, 1.82) is 5.26 Å². The Kier molecular flexibility index (Phi) is 4.89. The molecule has 1 N–H and O–H groups in total. The molecular formula is C17H12N4OS2. The molecule has 0 unspecified atom stereocenters. The molecule has 0 saturated carbocycles. The molecule has 0 radical (unpaired) electrons. The second kappa shape index (κ2) is 7.25. The van der Waals surface area contributed by atoms with Gasteiger partial charge in [-0.15, -0.1) is 10.2 Å². The highest BCUT2D eigenvalue weighted by molar-refractivity contribution is 7.99. The van der Waals surface area contributed by atoms with E-state index >= 15 is 0 Å². The van der Waals surface area contributed by atoms with Crippen LogP contribution in [-0.4, -0.2) is 16.1 Å². The van der Waals surface area contributed by atoms with Crippen LogP contribution in [0.5, 0.6) is 0 Å². The summed E-state index contributed by atoms with van der Waals surface area (Å²) in [4.78, 5) is 14.1. The number of nitrogens with one attached hydrogen (secondary N) is 1. The zero-order chi connectivity index (χ0) is 16.9. The van der Waals surface area contributed by atoms with Gasteiger partial charge in [0.15, 0.2) is 0 Å². The van der Waals surface area contributed by atoms with Crippen molar-refractivity contribution < 1.29 is 4.79 Å². The molecular weight excluding hydrogens is 340 g/mol. The summed E-state index contributed by atoms with van der Waals surface area (Å²) in [5.74, 6) is -0.247. The Bertz CT molecular complexity index is 930. The lowest BCUT2D eigenvalue weighted by atomic mass is 10.2. The first-order chi connectivity index (χ1) is 11.7. The normalized spacial score (nSPS) is 10.2. The zero-order valence-electron chi connectivity index (χ0n) is 12.7. The van der Waals surface area contributed by atoms with E-state index in [1.54, 1.807) is 18.2 Å². The fourth-order valence-electron chi connectivity index (χ4n) is 2.02. The molecule has 1 heterocycles. The van der Waals surface area contributed by atoms with Crippen LogP contribution in [-0.2, 0) is 0 Å². The molecule has 0 fully saturated rings. The van der Waals surface area contributed by atoms with Crippen molar-refractivity contribution in [1.82, 2.24) is 10.2 Å². The molecule has 1 aromatic heterocycles. The lowest BCUT2D eigenvalue weighted by molar-refractivity contribution is 0.102. The molecule has 5 nitrogen and oxygen atoms in total. The Balaban J connectivity index is 1.88. The van der Waals surface area contributed by atoms with Crippen molar-refractivity contribution in [2.75, 3.05) is 5.32 Å². The largest absolute Gasteiger partial charge is 0.296 e. The maximum atomic E-state index is 12.5. The van der Waals surface area contributed by atoms with Crippen LogP contribution in [0.15, 0.2) is 58.3 Å². The molecule has 0 atom stereocenters. The number of nitriles is 1. The van der Waals surface area contributed by atoms with Gasteiger partial charge >= 0.3 is 0 Å². The van der Waals surface area contributed by atoms with E-state index in [2.05, 4.69) is 21.6 Å². The molecule has 1 amide bonds. The van der Waals surface area contributed by atoms with Gasteiger partial charge in [0.05, 0.1) is 11.1 Å². The highest BCUT2D eigenvalue weighted by Crippen LogP contribution is 2.33. The first kappa shape index (κ1) is 16.2. The van der Waals surface area contributed by atoms with Gasteiger partial charge in [0.2, 0.25) is 5.13 Å². The van der Waals surface area contributed by atoms with Gasteiger partial charge in [-0.25, -0.2) is 0 Å². The number of carbonyl (C=O) groups is 1. The third-order valence-corrected chi connectivity index (χ3v) is 5.01. The van der Waals surface area contributed by atoms with E-state index in [0.29, 0.717) is 16.3 Å². The van der Waals surface area contributed by atoms with Crippen LogP contribution in [0.1, 0.15) is 20.9 Å². The van der Waals surface area contributed by atoms with E-state index in [1.807, 2.05) is 37.3 Å². The molecule has 2 aromatic carbocycles.